The molecule has 130 valence electrons. The van der Waals surface area contributed by atoms with E-state index in [1.807, 2.05) is 7.05 Å². The highest BCUT2D eigenvalue weighted by Gasteiger charge is 2.19. The minimum atomic E-state index is -0.0212. The molecule has 0 aliphatic carbocycles. The average Bonchev–Trinajstić information content (AvgIpc) is 2.53. The fourth-order valence-electron chi connectivity index (χ4n) is 2.74. The summed E-state index contributed by atoms with van der Waals surface area (Å²) < 4.78 is 5.23. The summed E-state index contributed by atoms with van der Waals surface area (Å²) in [7, 11) is 3.57. The maximum absolute atomic E-state index is 12.1. The van der Waals surface area contributed by atoms with Crippen molar-refractivity contribution < 1.29 is 9.53 Å². The average molecular weight is 362 g/mol. The third kappa shape index (κ3) is 6.18. The molecule has 5 nitrogen and oxygen atoms in total. The van der Waals surface area contributed by atoms with Gasteiger partial charge < -0.3 is 20.3 Å². The Labute approximate surface area is 149 Å². The Hall–Kier alpha value is -1.01. The minimum Gasteiger partial charge on any atom is -0.495 e. The first-order valence-electron chi connectivity index (χ1n) is 7.65. The van der Waals surface area contributed by atoms with Crippen molar-refractivity contribution in [3.8, 4) is 5.75 Å². The van der Waals surface area contributed by atoms with Crippen LogP contribution < -0.4 is 15.4 Å². The Morgan fingerprint density at radius 1 is 1.48 bits per heavy atom. The summed E-state index contributed by atoms with van der Waals surface area (Å²) in [6.45, 7) is 2.84. The van der Waals surface area contributed by atoms with E-state index in [2.05, 4.69) is 15.5 Å². The van der Waals surface area contributed by atoms with Crippen molar-refractivity contribution in [2.24, 2.45) is 0 Å². The fraction of sp³-hybridized carbons (Fsp3) is 0.562. The summed E-state index contributed by atoms with van der Waals surface area (Å²) >= 11 is 5.97. The van der Waals surface area contributed by atoms with Crippen LogP contribution in [0.25, 0.3) is 0 Å². The molecule has 1 atom stereocenters. The highest BCUT2D eigenvalue weighted by atomic mass is 35.5. The standard InChI is InChI=1S/C16H24ClN3O2.ClH/c1-18-13-4-3-8-20(11-13)9-7-16(21)19-14-10-12(17)5-6-15(14)22-2;/h5-6,10,13,18H,3-4,7-9,11H2,1-2H3,(H,19,21);1H. The zero-order valence-corrected chi connectivity index (χ0v) is 15.2. The van der Waals surface area contributed by atoms with Gasteiger partial charge in [0.15, 0.2) is 0 Å². The molecule has 0 aromatic heterocycles. The third-order valence-electron chi connectivity index (χ3n) is 4.00. The molecule has 2 rings (SSSR count). The van der Waals surface area contributed by atoms with Gasteiger partial charge in [-0.2, -0.15) is 0 Å². The van der Waals surface area contributed by atoms with Crippen molar-refractivity contribution in [3.63, 3.8) is 0 Å². The second kappa shape index (κ2) is 9.98. The van der Waals surface area contributed by atoms with Crippen molar-refractivity contribution >= 4 is 35.6 Å². The Bertz CT molecular complexity index is 514. The number of piperidine rings is 1. The number of nitrogens with zero attached hydrogens (tertiary/aromatic N) is 1. The summed E-state index contributed by atoms with van der Waals surface area (Å²) in [5.74, 6) is 0.595. The molecule has 0 radical (unpaired) electrons. The number of benzene rings is 1. The van der Waals surface area contributed by atoms with Gasteiger partial charge in [-0.3, -0.25) is 4.79 Å². The largest absolute Gasteiger partial charge is 0.495 e. The van der Waals surface area contributed by atoms with Gasteiger partial charge in [0.25, 0.3) is 0 Å². The molecule has 1 aromatic carbocycles. The first-order chi connectivity index (χ1) is 10.6. The topological polar surface area (TPSA) is 53.6 Å². The summed E-state index contributed by atoms with van der Waals surface area (Å²) in [5.41, 5.74) is 0.617. The number of halogens is 2. The van der Waals surface area contributed by atoms with Crippen LogP contribution in [0.2, 0.25) is 5.02 Å². The number of hydrogen-bond donors (Lipinski definition) is 2. The van der Waals surface area contributed by atoms with E-state index in [0.717, 1.165) is 19.6 Å². The molecule has 1 aliphatic heterocycles. The molecule has 7 heteroatoms. The molecule has 1 aliphatic rings. The van der Waals surface area contributed by atoms with Crippen molar-refractivity contribution in [1.29, 1.82) is 0 Å². The number of hydrogen-bond acceptors (Lipinski definition) is 4. The van der Waals surface area contributed by atoms with Gasteiger partial charge in [0.05, 0.1) is 12.8 Å². The first kappa shape index (κ1) is 20.0. The Balaban J connectivity index is 0.00000264. The lowest BCUT2D eigenvalue weighted by Crippen LogP contribution is -2.45. The highest BCUT2D eigenvalue weighted by Crippen LogP contribution is 2.27. The second-order valence-electron chi connectivity index (χ2n) is 5.57. The number of rotatable bonds is 6. The third-order valence-corrected chi connectivity index (χ3v) is 4.24. The maximum Gasteiger partial charge on any atom is 0.225 e. The summed E-state index contributed by atoms with van der Waals surface area (Å²) in [6.07, 6.45) is 2.85. The lowest BCUT2D eigenvalue weighted by molar-refractivity contribution is -0.116. The number of anilines is 1. The SMILES string of the molecule is CNC1CCCN(CCC(=O)Nc2cc(Cl)ccc2OC)C1.Cl. The molecule has 0 saturated carbocycles. The highest BCUT2D eigenvalue weighted by molar-refractivity contribution is 6.31. The van der Waals surface area contributed by atoms with E-state index in [9.17, 15) is 4.79 Å². The molecule has 0 bridgehead atoms. The molecule has 1 fully saturated rings. The van der Waals surface area contributed by atoms with Crippen LogP contribution in [-0.2, 0) is 4.79 Å². The molecule has 23 heavy (non-hydrogen) atoms. The Morgan fingerprint density at radius 3 is 2.96 bits per heavy atom. The number of amides is 1. The zero-order chi connectivity index (χ0) is 15.9. The van der Waals surface area contributed by atoms with Crippen LogP contribution in [0.3, 0.4) is 0 Å². The maximum atomic E-state index is 12.1. The lowest BCUT2D eigenvalue weighted by Gasteiger charge is -2.32. The molecule has 1 heterocycles. The number of methoxy groups -OCH3 is 1. The number of carbonyl (C=O) groups is 1. The van der Waals surface area contributed by atoms with Crippen LogP contribution in [0.5, 0.6) is 5.75 Å². The monoisotopic (exact) mass is 361 g/mol. The van der Waals surface area contributed by atoms with Crippen LogP contribution in [0.15, 0.2) is 18.2 Å². The Morgan fingerprint density at radius 2 is 2.26 bits per heavy atom. The quantitative estimate of drug-likeness (QED) is 0.817. The van der Waals surface area contributed by atoms with Gasteiger partial charge in [0, 0.05) is 30.6 Å². The lowest BCUT2D eigenvalue weighted by atomic mass is 10.1. The van der Waals surface area contributed by atoms with Gasteiger partial charge in [-0.15, -0.1) is 12.4 Å². The molecule has 1 amide bonds. The van der Waals surface area contributed by atoms with Crippen molar-refractivity contribution in [1.82, 2.24) is 10.2 Å². The molecule has 1 unspecified atom stereocenters. The van der Waals surface area contributed by atoms with Crippen LogP contribution in [0.1, 0.15) is 19.3 Å². The number of likely N-dealkylation sites (N-methyl/N-ethyl adjacent to an activating group) is 1. The summed E-state index contributed by atoms with van der Waals surface area (Å²) in [6, 6.07) is 5.72. The molecule has 2 N–H and O–H groups in total. The van der Waals surface area contributed by atoms with Crippen LogP contribution >= 0.6 is 24.0 Å². The van der Waals surface area contributed by atoms with Crippen LogP contribution in [0, 0.1) is 0 Å². The van der Waals surface area contributed by atoms with E-state index in [-0.39, 0.29) is 18.3 Å². The van der Waals surface area contributed by atoms with Crippen LogP contribution in [0.4, 0.5) is 5.69 Å². The Kier molecular flexibility index (Phi) is 8.69. The number of nitrogens with one attached hydrogen (secondary N) is 2. The van der Waals surface area contributed by atoms with E-state index >= 15 is 0 Å². The van der Waals surface area contributed by atoms with Gasteiger partial charge in [0.2, 0.25) is 5.91 Å². The number of ether oxygens (including phenoxy) is 1. The zero-order valence-electron chi connectivity index (χ0n) is 13.6. The smallest absolute Gasteiger partial charge is 0.225 e. The summed E-state index contributed by atoms with van der Waals surface area (Å²) in [5, 5.41) is 6.76. The molecule has 0 spiro atoms. The van der Waals surface area contributed by atoms with Crippen molar-refractivity contribution in [2.75, 3.05) is 39.1 Å². The van der Waals surface area contributed by atoms with Gasteiger partial charge in [0.1, 0.15) is 5.75 Å². The first-order valence-corrected chi connectivity index (χ1v) is 8.03. The van der Waals surface area contributed by atoms with Crippen LogP contribution in [-0.4, -0.2) is 50.6 Å². The van der Waals surface area contributed by atoms with Gasteiger partial charge in [-0.25, -0.2) is 0 Å². The normalized spacial score (nSPS) is 18.1. The van der Waals surface area contributed by atoms with Crippen molar-refractivity contribution in [2.45, 2.75) is 25.3 Å². The summed E-state index contributed by atoms with van der Waals surface area (Å²) in [4.78, 5) is 14.5. The van der Waals surface area contributed by atoms with E-state index in [0.29, 0.717) is 28.9 Å². The van der Waals surface area contributed by atoms with Gasteiger partial charge in [-0.1, -0.05) is 11.6 Å². The van der Waals surface area contributed by atoms with E-state index in [1.165, 1.54) is 12.8 Å². The van der Waals surface area contributed by atoms with Gasteiger partial charge >= 0.3 is 0 Å². The predicted molar refractivity (Wildman–Crippen MR) is 97.0 cm³/mol. The van der Waals surface area contributed by atoms with E-state index < -0.39 is 0 Å². The molecule has 1 aromatic rings. The van der Waals surface area contributed by atoms with E-state index in [4.69, 9.17) is 16.3 Å². The van der Waals surface area contributed by atoms with Gasteiger partial charge in [-0.05, 0) is 44.6 Å². The predicted octanol–water partition coefficient (Wildman–Crippen LogP) is 2.78. The molecular weight excluding hydrogens is 337 g/mol. The van der Waals surface area contributed by atoms with E-state index in [1.54, 1.807) is 25.3 Å². The fourth-order valence-corrected chi connectivity index (χ4v) is 2.92. The molecular formula is C16H25Cl2N3O2. The second-order valence-corrected chi connectivity index (χ2v) is 6.01. The van der Waals surface area contributed by atoms with Crippen molar-refractivity contribution in [3.05, 3.63) is 23.2 Å². The number of likely N-dealkylation sites (tertiary alicyclic amines) is 1. The minimum absolute atomic E-state index is 0. The molecule has 1 saturated heterocycles. The number of carbonyl (C=O) groups excluding carboxylic acids is 1.